The van der Waals surface area contributed by atoms with Crippen molar-refractivity contribution in [3.8, 4) is 5.69 Å². The van der Waals surface area contributed by atoms with Gasteiger partial charge in [-0.3, -0.25) is 0 Å². The van der Waals surface area contributed by atoms with Crippen molar-refractivity contribution in [3.05, 3.63) is 127 Å². The number of rotatable bonds is 1. The highest BCUT2D eigenvalue weighted by Crippen LogP contribution is 2.47. The van der Waals surface area contributed by atoms with E-state index in [0.717, 1.165) is 0 Å². The molecule has 9 rings (SSSR count). The zero-order valence-corrected chi connectivity index (χ0v) is 21.3. The third-order valence-corrected chi connectivity index (χ3v) is 9.27. The second kappa shape index (κ2) is 7.44. The van der Waals surface area contributed by atoms with E-state index in [2.05, 4.69) is 132 Å². The van der Waals surface area contributed by atoms with Crippen molar-refractivity contribution in [2.75, 3.05) is 0 Å². The molecule has 0 aliphatic heterocycles. The molecule has 176 valence electrons. The summed E-state index contributed by atoms with van der Waals surface area (Å²) in [5.41, 5.74) is 3.78. The predicted molar refractivity (Wildman–Crippen MR) is 166 cm³/mol. The number of hydrogen-bond acceptors (Lipinski definition) is 1. The molecular formula is C36H21NS. The standard InChI is InChI=1S/C36H21NS/c1-2-10-23-21-24(18-17-22(23)9-1)37-35-28-14-6-4-12-26(28)25-11-3-5-13-27(25)33(35)30-19-20-32-34(36(30)37)29-15-7-8-16-31(29)38-32/h1-21H. The van der Waals surface area contributed by atoms with E-state index in [0.29, 0.717) is 0 Å². The highest BCUT2D eigenvalue weighted by atomic mass is 32.1. The molecule has 2 aromatic heterocycles. The van der Waals surface area contributed by atoms with Gasteiger partial charge in [-0.25, -0.2) is 0 Å². The smallest absolute Gasteiger partial charge is 0.0634 e. The number of thiophene rings is 1. The van der Waals surface area contributed by atoms with Gasteiger partial charge in [0.1, 0.15) is 0 Å². The molecule has 0 amide bonds. The minimum Gasteiger partial charge on any atom is -0.308 e. The summed E-state index contributed by atoms with van der Waals surface area (Å²) in [5.74, 6) is 0. The van der Waals surface area contributed by atoms with Gasteiger partial charge in [0.15, 0.2) is 0 Å². The molecule has 2 heterocycles. The van der Waals surface area contributed by atoms with Gasteiger partial charge >= 0.3 is 0 Å². The Morgan fingerprint density at radius 1 is 0.395 bits per heavy atom. The second-order valence-corrected chi connectivity index (χ2v) is 11.2. The molecule has 0 atom stereocenters. The second-order valence-electron chi connectivity index (χ2n) is 10.1. The Kier molecular flexibility index (Phi) is 3.99. The lowest BCUT2D eigenvalue weighted by Crippen LogP contribution is -1.95. The van der Waals surface area contributed by atoms with Gasteiger partial charge in [-0.05, 0) is 51.2 Å². The molecular weight excluding hydrogens is 478 g/mol. The molecule has 38 heavy (non-hydrogen) atoms. The van der Waals surface area contributed by atoms with Crippen LogP contribution in [0.5, 0.6) is 0 Å². The van der Waals surface area contributed by atoms with Crippen molar-refractivity contribution in [2.45, 2.75) is 0 Å². The Morgan fingerprint density at radius 2 is 1.03 bits per heavy atom. The van der Waals surface area contributed by atoms with E-state index < -0.39 is 0 Å². The summed E-state index contributed by atoms with van der Waals surface area (Å²) >= 11 is 1.89. The van der Waals surface area contributed by atoms with Crippen LogP contribution in [0.15, 0.2) is 127 Å². The summed E-state index contributed by atoms with van der Waals surface area (Å²) in [7, 11) is 0. The normalized spacial score (nSPS) is 12.2. The largest absolute Gasteiger partial charge is 0.308 e. The fourth-order valence-electron chi connectivity index (χ4n) is 6.55. The predicted octanol–water partition coefficient (Wildman–Crippen LogP) is 10.6. The molecule has 0 bridgehead atoms. The Balaban J connectivity index is 1.64. The molecule has 0 aliphatic carbocycles. The Hall–Kier alpha value is -4.66. The number of aromatic nitrogens is 1. The molecule has 9 aromatic rings. The van der Waals surface area contributed by atoms with Crippen LogP contribution in [0.1, 0.15) is 0 Å². The maximum atomic E-state index is 2.55. The minimum absolute atomic E-state index is 1.20. The van der Waals surface area contributed by atoms with E-state index in [9.17, 15) is 0 Å². The van der Waals surface area contributed by atoms with Gasteiger partial charge in [0.2, 0.25) is 0 Å². The topological polar surface area (TPSA) is 4.93 Å². The first-order valence-electron chi connectivity index (χ1n) is 13.0. The maximum Gasteiger partial charge on any atom is 0.0634 e. The number of fused-ring (bicyclic) bond motifs is 13. The van der Waals surface area contributed by atoms with Gasteiger partial charge in [0.05, 0.1) is 11.0 Å². The summed E-state index contributed by atoms with van der Waals surface area (Å²) in [5, 5.41) is 13.0. The quantitative estimate of drug-likeness (QED) is 0.198. The third kappa shape index (κ3) is 2.60. The minimum atomic E-state index is 1.20. The first-order valence-corrected chi connectivity index (χ1v) is 13.9. The fraction of sp³-hybridized carbons (Fsp3) is 0. The van der Waals surface area contributed by atoms with Crippen LogP contribution in [0.3, 0.4) is 0 Å². The van der Waals surface area contributed by atoms with Gasteiger partial charge < -0.3 is 4.57 Å². The van der Waals surface area contributed by atoms with Crippen LogP contribution >= 0.6 is 11.3 Å². The highest BCUT2D eigenvalue weighted by Gasteiger charge is 2.22. The van der Waals surface area contributed by atoms with Gasteiger partial charge in [-0.2, -0.15) is 0 Å². The highest BCUT2D eigenvalue weighted by molar-refractivity contribution is 7.26. The van der Waals surface area contributed by atoms with Crippen LogP contribution < -0.4 is 0 Å². The summed E-state index contributed by atoms with van der Waals surface area (Å²) in [6, 6.07) is 46.9. The van der Waals surface area contributed by atoms with Crippen molar-refractivity contribution in [1.82, 2.24) is 4.57 Å². The van der Waals surface area contributed by atoms with Crippen molar-refractivity contribution in [2.24, 2.45) is 0 Å². The van der Waals surface area contributed by atoms with Crippen molar-refractivity contribution < 1.29 is 0 Å². The monoisotopic (exact) mass is 499 g/mol. The molecule has 0 unspecified atom stereocenters. The van der Waals surface area contributed by atoms with Crippen LogP contribution in [-0.4, -0.2) is 4.57 Å². The molecule has 0 radical (unpaired) electrons. The van der Waals surface area contributed by atoms with Crippen LogP contribution in [-0.2, 0) is 0 Å². The lowest BCUT2D eigenvalue weighted by Gasteiger charge is -2.13. The lowest BCUT2D eigenvalue weighted by molar-refractivity contribution is 1.20. The van der Waals surface area contributed by atoms with Crippen LogP contribution in [0.4, 0.5) is 0 Å². The SMILES string of the molecule is c1ccc2cc(-n3c4c(ccc5sc6ccccc6c54)c4c5ccccc5c5ccccc5c43)ccc2c1. The van der Waals surface area contributed by atoms with Gasteiger partial charge in [-0.1, -0.05) is 103 Å². The Labute approximate surface area is 222 Å². The van der Waals surface area contributed by atoms with E-state index in [4.69, 9.17) is 0 Å². The van der Waals surface area contributed by atoms with E-state index in [1.807, 2.05) is 11.3 Å². The first kappa shape index (κ1) is 20.4. The van der Waals surface area contributed by atoms with E-state index >= 15 is 0 Å². The number of benzene rings is 7. The van der Waals surface area contributed by atoms with Crippen molar-refractivity contribution in [3.63, 3.8) is 0 Å². The zero-order chi connectivity index (χ0) is 24.8. The van der Waals surface area contributed by atoms with Crippen LogP contribution in [0.2, 0.25) is 0 Å². The molecule has 1 nitrogen and oxygen atoms in total. The van der Waals surface area contributed by atoms with Gasteiger partial charge in [-0.15, -0.1) is 11.3 Å². The van der Waals surface area contributed by atoms with Crippen molar-refractivity contribution in [1.29, 1.82) is 0 Å². The third-order valence-electron chi connectivity index (χ3n) is 8.13. The van der Waals surface area contributed by atoms with E-state index in [1.54, 1.807) is 0 Å². The molecule has 0 saturated carbocycles. The number of nitrogens with zero attached hydrogens (tertiary/aromatic N) is 1. The fourth-order valence-corrected chi connectivity index (χ4v) is 7.65. The van der Waals surface area contributed by atoms with Gasteiger partial charge in [0.25, 0.3) is 0 Å². The zero-order valence-electron chi connectivity index (χ0n) is 20.5. The number of hydrogen-bond donors (Lipinski definition) is 0. The summed E-state index contributed by atoms with van der Waals surface area (Å²) in [4.78, 5) is 0. The maximum absolute atomic E-state index is 2.55. The average Bonchev–Trinajstić information content (AvgIpc) is 3.53. The summed E-state index contributed by atoms with van der Waals surface area (Å²) in [6.07, 6.45) is 0. The molecule has 0 fully saturated rings. The van der Waals surface area contributed by atoms with Crippen molar-refractivity contribution >= 4 is 85.6 Å². The molecule has 0 saturated heterocycles. The Bertz CT molecular complexity index is 2400. The molecule has 7 aromatic carbocycles. The van der Waals surface area contributed by atoms with Gasteiger partial charge in [0, 0.05) is 42.0 Å². The van der Waals surface area contributed by atoms with Crippen LogP contribution in [0.25, 0.3) is 80.0 Å². The molecule has 0 spiro atoms. The molecule has 0 aliphatic rings. The van der Waals surface area contributed by atoms with E-state index in [1.165, 1.54) is 80.0 Å². The van der Waals surface area contributed by atoms with Crippen LogP contribution in [0, 0.1) is 0 Å². The summed E-state index contributed by atoms with van der Waals surface area (Å²) < 4.78 is 5.21. The Morgan fingerprint density at radius 3 is 1.87 bits per heavy atom. The average molecular weight is 500 g/mol. The summed E-state index contributed by atoms with van der Waals surface area (Å²) in [6.45, 7) is 0. The first-order chi connectivity index (χ1) is 18.9. The molecule has 0 N–H and O–H groups in total. The van der Waals surface area contributed by atoms with E-state index in [-0.39, 0.29) is 0 Å². The lowest BCUT2D eigenvalue weighted by atomic mass is 9.96. The molecule has 2 heteroatoms.